The molecule has 2 aromatic rings. The molecule has 1 N–H and O–H groups in total. The van der Waals surface area contributed by atoms with E-state index in [-0.39, 0.29) is 17.4 Å². The Morgan fingerprint density at radius 2 is 1.30 bits per heavy atom. The minimum Gasteiger partial charge on any atom is -0.456 e. The van der Waals surface area contributed by atoms with Gasteiger partial charge < -0.3 is 15.0 Å². The van der Waals surface area contributed by atoms with E-state index in [0.717, 1.165) is 11.1 Å². The van der Waals surface area contributed by atoms with E-state index in [1.807, 2.05) is 88.9 Å². The minimum atomic E-state index is -0.595. The number of hydrogen-bond donors (Lipinski definition) is 1. The van der Waals surface area contributed by atoms with Crippen molar-refractivity contribution in [1.82, 2.24) is 10.2 Å². The number of rotatable bonds is 6. The lowest BCUT2D eigenvalue weighted by Crippen LogP contribution is -2.46. The van der Waals surface area contributed by atoms with Gasteiger partial charge in [0, 0.05) is 29.7 Å². The second kappa shape index (κ2) is 10.1. The molecule has 0 fully saturated rings. The fourth-order valence-electron chi connectivity index (χ4n) is 3.36. The smallest absolute Gasteiger partial charge is 0.338 e. The molecule has 0 saturated carbocycles. The molecule has 0 bridgehead atoms. The summed E-state index contributed by atoms with van der Waals surface area (Å²) in [6, 6.07) is 15.1. The summed E-state index contributed by atoms with van der Waals surface area (Å²) in [5, 5.41) is 3.47. The van der Waals surface area contributed by atoms with E-state index in [2.05, 4.69) is 26.1 Å². The second-order valence-corrected chi connectivity index (χ2v) is 11.5. The van der Waals surface area contributed by atoms with E-state index in [4.69, 9.17) is 4.74 Å². The van der Waals surface area contributed by atoms with E-state index in [1.54, 1.807) is 6.07 Å². The fourth-order valence-corrected chi connectivity index (χ4v) is 3.36. The molecule has 0 atom stereocenters. The molecule has 0 aliphatic heterocycles. The Morgan fingerprint density at radius 1 is 0.788 bits per heavy atom. The first kappa shape index (κ1) is 26.6. The molecule has 180 valence electrons. The SMILES string of the molecule is CC(C)(C)NCc1ccccc1C(=O)N(Cc1ccccc1C(=O)OC(C)(C)C)C(C)(C)C. The molecule has 0 heterocycles. The first-order chi connectivity index (χ1) is 15.1. The zero-order chi connectivity index (χ0) is 25.0. The molecule has 2 aromatic carbocycles. The standard InChI is InChI=1S/C28H40N2O3/c1-26(2,3)29-18-20-14-10-12-16-22(20)24(31)30(27(4,5)6)19-21-15-11-13-17-23(21)25(32)33-28(7,8)9/h10-17,29H,18-19H2,1-9H3. The second-order valence-electron chi connectivity index (χ2n) is 11.5. The normalized spacial score (nSPS) is 12.4. The van der Waals surface area contributed by atoms with Crippen LogP contribution in [0.1, 0.15) is 94.2 Å². The molecular weight excluding hydrogens is 412 g/mol. The summed E-state index contributed by atoms with van der Waals surface area (Å²) in [5.74, 6) is -0.443. The van der Waals surface area contributed by atoms with Crippen molar-refractivity contribution in [2.75, 3.05) is 0 Å². The number of nitrogens with one attached hydrogen (secondary N) is 1. The summed E-state index contributed by atoms with van der Waals surface area (Å²) in [5.41, 5.74) is 1.75. The first-order valence-electron chi connectivity index (χ1n) is 11.5. The first-order valence-corrected chi connectivity index (χ1v) is 11.5. The number of ether oxygens (including phenoxy) is 1. The molecule has 0 aromatic heterocycles. The molecule has 0 saturated heterocycles. The van der Waals surface area contributed by atoms with Crippen LogP contribution in [0.15, 0.2) is 48.5 Å². The number of esters is 1. The molecule has 1 amide bonds. The van der Waals surface area contributed by atoms with Gasteiger partial charge in [0.1, 0.15) is 5.60 Å². The van der Waals surface area contributed by atoms with Crippen LogP contribution in [0, 0.1) is 0 Å². The highest BCUT2D eigenvalue weighted by molar-refractivity contribution is 5.96. The largest absolute Gasteiger partial charge is 0.456 e. The van der Waals surface area contributed by atoms with Crippen LogP contribution >= 0.6 is 0 Å². The average molecular weight is 453 g/mol. The monoisotopic (exact) mass is 452 g/mol. The average Bonchev–Trinajstić information content (AvgIpc) is 2.68. The summed E-state index contributed by atoms with van der Waals surface area (Å²) in [7, 11) is 0. The quantitative estimate of drug-likeness (QED) is 0.549. The number of nitrogens with zero attached hydrogens (tertiary/aromatic N) is 1. The molecule has 0 unspecified atom stereocenters. The Balaban J connectivity index is 2.41. The molecule has 0 radical (unpaired) electrons. The van der Waals surface area contributed by atoms with E-state index < -0.39 is 11.1 Å². The molecule has 5 nitrogen and oxygen atoms in total. The third kappa shape index (κ3) is 8.01. The molecule has 2 rings (SSSR count). The lowest BCUT2D eigenvalue weighted by Gasteiger charge is -2.37. The summed E-state index contributed by atoms with van der Waals surface area (Å²) in [6.07, 6.45) is 0. The third-order valence-electron chi connectivity index (χ3n) is 5.08. The summed E-state index contributed by atoms with van der Waals surface area (Å²) < 4.78 is 5.61. The topological polar surface area (TPSA) is 58.6 Å². The van der Waals surface area contributed by atoms with E-state index >= 15 is 0 Å². The van der Waals surface area contributed by atoms with Gasteiger partial charge in [-0.05, 0) is 85.6 Å². The van der Waals surface area contributed by atoms with Gasteiger partial charge in [0.15, 0.2) is 0 Å². The Hall–Kier alpha value is -2.66. The molecule has 0 aliphatic rings. The molecule has 33 heavy (non-hydrogen) atoms. The van der Waals surface area contributed by atoms with Crippen LogP contribution in [-0.2, 0) is 17.8 Å². The summed E-state index contributed by atoms with van der Waals surface area (Å²) in [4.78, 5) is 28.5. The van der Waals surface area contributed by atoms with Gasteiger partial charge in [-0.3, -0.25) is 4.79 Å². The van der Waals surface area contributed by atoms with Gasteiger partial charge in [-0.25, -0.2) is 4.79 Å². The van der Waals surface area contributed by atoms with Crippen LogP contribution in [0.3, 0.4) is 0 Å². The number of amides is 1. The Kier molecular flexibility index (Phi) is 8.13. The Labute approximate surface area is 199 Å². The van der Waals surface area contributed by atoms with Crippen molar-refractivity contribution in [3.8, 4) is 0 Å². The zero-order valence-corrected chi connectivity index (χ0v) is 21.7. The summed E-state index contributed by atoms with van der Waals surface area (Å²) in [6.45, 7) is 18.8. The van der Waals surface area contributed by atoms with Gasteiger partial charge in [-0.2, -0.15) is 0 Å². The Bertz CT molecular complexity index is 976. The Morgan fingerprint density at radius 3 is 1.82 bits per heavy atom. The maximum atomic E-state index is 13.8. The van der Waals surface area contributed by atoms with Gasteiger partial charge in [0.2, 0.25) is 0 Å². The van der Waals surface area contributed by atoms with Crippen molar-refractivity contribution in [3.05, 3.63) is 70.8 Å². The summed E-state index contributed by atoms with van der Waals surface area (Å²) >= 11 is 0. The van der Waals surface area contributed by atoms with Gasteiger partial charge in [-0.1, -0.05) is 36.4 Å². The van der Waals surface area contributed by atoms with Gasteiger partial charge in [0.05, 0.1) is 5.56 Å². The minimum absolute atomic E-state index is 0.0622. The highest BCUT2D eigenvalue weighted by Gasteiger charge is 2.30. The number of carbonyl (C=O) groups excluding carboxylic acids is 2. The van der Waals surface area contributed by atoms with E-state index in [1.165, 1.54) is 0 Å². The van der Waals surface area contributed by atoms with E-state index in [0.29, 0.717) is 24.2 Å². The van der Waals surface area contributed by atoms with Crippen molar-refractivity contribution in [2.24, 2.45) is 0 Å². The van der Waals surface area contributed by atoms with Crippen molar-refractivity contribution in [2.45, 2.75) is 92.1 Å². The molecule has 5 heteroatoms. The fraction of sp³-hybridized carbons (Fsp3) is 0.500. The van der Waals surface area contributed by atoms with Crippen LogP contribution in [0.5, 0.6) is 0 Å². The van der Waals surface area contributed by atoms with Gasteiger partial charge in [-0.15, -0.1) is 0 Å². The highest BCUT2D eigenvalue weighted by atomic mass is 16.6. The predicted octanol–water partition coefficient (Wildman–Crippen LogP) is 5.97. The third-order valence-corrected chi connectivity index (χ3v) is 5.08. The highest BCUT2D eigenvalue weighted by Crippen LogP contribution is 2.25. The van der Waals surface area contributed by atoms with Crippen LogP contribution in [0.4, 0.5) is 0 Å². The lowest BCUT2D eigenvalue weighted by molar-refractivity contribution is 0.00651. The van der Waals surface area contributed by atoms with Crippen molar-refractivity contribution in [3.63, 3.8) is 0 Å². The molecule has 0 aliphatic carbocycles. The zero-order valence-electron chi connectivity index (χ0n) is 21.7. The lowest BCUT2D eigenvalue weighted by atomic mass is 9.98. The van der Waals surface area contributed by atoms with Crippen LogP contribution in [0.25, 0.3) is 0 Å². The number of carbonyl (C=O) groups is 2. The van der Waals surface area contributed by atoms with Crippen molar-refractivity contribution in [1.29, 1.82) is 0 Å². The van der Waals surface area contributed by atoms with Crippen LogP contribution < -0.4 is 5.32 Å². The van der Waals surface area contributed by atoms with Crippen LogP contribution in [-0.4, -0.2) is 33.5 Å². The van der Waals surface area contributed by atoms with Gasteiger partial charge in [0.25, 0.3) is 5.91 Å². The predicted molar refractivity (Wildman–Crippen MR) is 134 cm³/mol. The van der Waals surface area contributed by atoms with Crippen molar-refractivity contribution >= 4 is 11.9 Å². The van der Waals surface area contributed by atoms with Crippen LogP contribution in [0.2, 0.25) is 0 Å². The maximum Gasteiger partial charge on any atom is 0.338 e. The van der Waals surface area contributed by atoms with Gasteiger partial charge >= 0.3 is 5.97 Å². The maximum absolute atomic E-state index is 13.8. The number of benzene rings is 2. The number of hydrogen-bond acceptors (Lipinski definition) is 4. The molecule has 0 spiro atoms. The van der Waals surface area contributed by atoms with E-state index in [9.17, 15) is 9.59 Å². The van der Waals surface area contributed by atoms with Crippen molar-refractivity contribution < 1.29 is 14.3 Å². The molecular formula is C28H40N2O3.